The van der Waals surface area contributed by atoms with Crippen LogP contribution in [-0.2, 0) is 4.79 Å². The molecule has 4 aromatic rings. The number of carbonyl (C=O) groups excluding carboxylic acids is 1. The second-order valence-electron chi connectivity index (χ2n) is 7.96. The van der Waals surface area contributed by atoms with E-state index in [4.69, 9.17) is 0 Å². The first-order chi connectivity index (χ1) is 15.4. The number of nitrogens with zero attached hydrogens (tertiary/aromatic N) is 3. The van der Waals surface area contributed by atoms with Crippen molar-refractivity contribution in [3.8, 4) is 17.1 Å². The van der Waals surface area contributed by atoms with Crippen molar-refractivity contribution in [2.24, 2.45) is 0 Å². The van der Waals surface area contributed by atoms with Gasteiger partial charge in [-0.1, -0.05) is 71.4 Å². The van der Waals surface area contributed by atoms with Gasteiger partial charge in [-0.2, -0.15) is 0 Å². The molecule has 0 unspecified atom stereocenters. The Labute approximate surface area is 192 Å². The zero-order chi connectivity index (χ0) is 22.7. The zero-order valence-electron chi connectivity index (χ0n) is 18.7. The Morgan fingerprint density at radius 1 is 0.875 bits per heavy atom. The number of aromatic nitrogens is 3. The van der Waals surface area contributed by atoms with Crippen molar-refractivity contribution in [2.45, 2.75) is 32.9 Å². The number of nitrogens with one attached hydrogen (secondary N) is 1. The minimum atomic E-state index is -0.0650. The number of carbonyl (C=O) groups is 1. The minimum Gasteiger partial charge on any atom is -0.325 e. The van der Waals surface area contributed by atoms with Crippen molar-refractivity contribution >= 4 is 23.4 Å². The van der Waals surface area contributed by atoms with Crippen LogP contribution in [0.25, 0.3) is 17.1 Å². The molecule has 1 aromatic heterocycles. The van der Waals surface area contributed by atoms with Crippen LogP contribution in [0.2, 0.25) is 0 Å². The number of rotatable bonds is 6. The quantitative estimate of drug-likeness (QED) is 0.378. The van der Waals surface area contributed by atoms with Crippen LogP contribution in [0, 0.1) is 27.7 Å². The molecule has 5 nitrogen and oxygen atoms in total. The van der Waals surface area contributed by atoms with Gasteiger partial charge < -0.3 is 5.32 Å². The molecule has 32 heavy (non-hydrogen) atoms. The van der Waals surface area contributed by atoms with Crippen molar-refractivity contribution in [3.05, 3.63) is 89.0 Å². The van der Waals surface area contributed by atoms with Gasteiger partial charge in [0, 0.05) is 16.9 Å². The maximum absolute atomic E-state index is 12.8. The fraction of sp³-hybridized carbons (Fsp3) is 0.192. The molecule has 1 heterocycles. The summed E-state index contributed by atoms with van der Waals surface area (Å²) in [4.78, 5) is 12.8. The van der Waals surface area contributed by atoms with Crippen LogP contribution in [0.1, 0.15) is 22.3 Å². The van der Waals surface area contributed by atoms with Crippen molar-refractivity contribution in [3.63, 3.8) is 0 Å². The van der Waals surface area contributed by atoms with Crippen LogP contribution < -0.4 is 5.32 Å². The normalized spacial score (nSPS) is 10.9. The molecule has 1 amide bonds. The fourth-order valence-electron chi connectivity index (χ4n) is 3.83. The summed E-state index contributed by atoms with van der Waals surface area (Å²) in [5, 5.41) is 12.6. The zero-order valence-corrected chi connectivity index (χ0v) is 19.5. The summed E-state index contributed by atoms with van der Waals surface area (Å²) in [6, 6.07) is 22.3. The number of thioether (sulfide) groups is 1. The average molecular weight is 443 g/mol. The Balaban J connectivity index is 1.60. The van der Waals surface area contributed by atoms with Gasteiger partial charge in [-0.3, -0.25) is 9.36 Å². The second kappa shape index (κ2) is 9.40. The Hall–Kier alpha value is -3.38. The molecular formula is C26H26N4OS. The van der Waals surface area contributed by atoms with E-state index in [1.165, 1.54) is 17.3 Å². The lowest BCUT2D eigenvalue weighted by molar-refractivity contribution is -0.113. The van der Waals surface area contributed by atoms with Gasteiger partial charge in [-0.15, -0.1) is 10.2 Å². The molecule has 4 rings (SSSR count). The highest BCUT2D eigenvalue weighted by atomic mass is 32.2. The Morgan fingerprint density at radius 2 is 1.59 bits per heavy atom. The monoisotopic (exact) mass is 442 g/mol. The summed E-state index contributed by atoms with van der Waals surface area (Å²) in [5.41, 5.74) is 7.30. The van der Waals surface area contributed by atoms with Gasteiger partial charge in [0.05, 0.1) is 5.75 Å². The minimum absolute atomic E-state index is 0.0650. The van der Waals surface area contributed by atoms with Gasteiger partial charge in [0.2, 0.25) is 5.91 Å². The lowest BCUT2D eigenvalue weighted by Gasteiger charge is -2.13. The standard InChI is InChI=1S/C26H26N4OS/c1-17-9-8-10-21(15-17)25-28-29-26(30(25)22-11-6-5-7-12-22)32-16-23(31)27-24-19(3)13-18(2)14-20(24)4/h5-15H,16H2,1-4H3,(H,27,31). The Kier molecular flexibility index (Phi) is 6.42. The van der Waals surface area contributed by atoms with Crippen LogP contribution in [0.3, 0.4) is 0 Å². The first-order valence-electron chi connectivity index (χ1n) is 10.5. The lowest BCUT2D eigenvalue weighted by Crippen LogP contribution is -2.16. The number of para-hydroxylation sites is 1. The molecule has 3 aromatic carbocycles. The van der Waals surface area contributed by atoms with E-state index in [1.807, 2.05) is 60.9 Å². The predicted octanol–water partition coefficient (Wildman–Crippen LogP) is 5.90. The summed E-state index contributed by atoms with van der Waals surface area (Å²) in [5.74, 6) is 0.934. The second-order valence-corrected chi connectivity index (χ2v) is 8.90. The van der Waals surface area contributed by atoms with Crippen LogP contribution in [0.4, 0.5) is 5.69 Å². The number of aryl methyl sites for hydroxylation is 4. The molecule has 0 spiro atoms. The molecule has 0 saturated heterocycles. The van der Waals surface area contributed by atoms with E-state index >= 15 is 0 Å². The number of hydrogen-bond donors (Lipinski definition) is 1. The van der Waals surface area contributed by atoms with E-state index in [1.54, 1.807) is 0 Å². The summed E-state index contributed by atoms with van der Waals surface area (Å²) in [6.45, 7) is 8.15. The van der Waals surface area contributed by atoms with Crippen LogP contribution in [-0.4, -0.2) is 26.4 Å². The third-order valence-electron chi connectivity index (χ3n) is 5.20. The predicted molar refractivity (Wildman–Crippen MR) is 132 cm³/mol. The average Bonchev–Trinajstić information content (AvgIpc) is 3.19. The maximum atomic E-state index is 12.8. The first kappa shape index (κ1) is 21.8. The summed E-state index contributed by atoms with van der Waals surface area (Å²) in [6.07, 6.45) is 0. The molecule has 6 heteroatoms. The van der Waals surface area contributed by atoms with Crippen LogP contribution in [0.5, 0.6) is 0 Å². The summed E-state index contributed by atoms with van der Waals surface area (Å²) >= 11 is 1.38. The third kappa shape index (κ3) is 4.75. The summed E-state index contributed by atoms with van der Waals surface area (Å²) in [7, 11) is 0. The number of hydrogen-bond acceptors (Lipinski definition) is 4. The Bertz CT molecular complexity index is 1240. The summed E-state index contributed by atoms with van der Waals surface area (Å²) < 4.78 is 2.01. The number of amides is 1. The van der Waals surface area contributed by atoms with Gasteiger partial charge in [0.1, 0.15) is 0 Å². The van der Waals surface area contributed by atoms with Crippen molar-refractivity contribution in [2.75, 3.05) is 11.1 Å². The van der Waals surface area contributed by atoms with Gasteiger partial charge in [-0.25, -0.2) is 0 Å². The molecule has 1 N–H and O–H groups in total. The van der Waals surface area contributed by atoms with Gasteiger partial charge in [0.15, 0.2) is 11.0 Å². The van der Waals surface area contributed by atoms with Gasteiger partial charge >= 0.3 is 0 Å². The van der Waals surface area contributed by atoms with E-state index in [9.17, 15) is 4.79 Å². The maximum Gasteiger partial charge on any atom is 0.234 e. The fourth-order valence-corrected chi connectivity index (χ4v) is 4.58. The number of anilines is 1. The molecule has 0 bridgehead atoms. The molecular weight excluding hydrogens is 416 g/mol. The highest BCUT2D eigenvalue weighted by molar-refractivity contribution is 7.99. The smallest absolute Gasteiger partial charge is 0.234 e. The molecule has 0 aliphatic heterocycles. The van der Waals surface area contributed by atoms with Crippen molar-refractivity contribution in [1.82, 2.24) is 14.8 Å². The topological polar surface area (TPSA) is 59.8 Å². The largest absolute Gasteiger partial charge is 0.325 e. The van der Waals surface area contributed by atoms with Crippen LogP contribution in [0.15, 0.2) is 71.9 Å². The molecule has 162 valence electrons. The van der Waals surface area contributed by atoms with E-state index in [0.29, 0.717) is 5.16 Å². The molecule has 0 fully saturated rings. The van der Waals surface area contributed by atoms with Gasteiger partial charge in [-0.05, 0) is 57.0 Å². The highest BCUT2D eigenvalue weighted by Crippen LogP contribution is 2.29. The van der Waals surface area contributed by atoms with E-state index < -0.39 is 0 Å². The van der Waals surface area contributed by atoms with E-state index in [0.717, 1.165) is 39.5 Å². The molecule has 0 aliphatic carbocycles. The van der Waals surface area contributed by atoms with Gasteiger partial charge in [0.25, 0.3) is 0 Å². The molecule has 0 atom stereocenters. The lowest BCUT2D eigenvalue weighted by atomic mass is 10.1. The highest BCUT2D eigenvalue weighted by Gasteiger charge is 2.18. The molecule has 0 aliphatic rings. The van der Waals surface area contributed by atoms with E-state index in [2.05, 4.69) is 53.6 Å². The third-order valence-corrected chi connectivity index (χ3v) is 6.13. The number of benzene rings is 3. The molecule has 0 saturated carbocycles. The SMILES string of the molecule is Cc1cccc(-c2nnc(SCC(=O)Nc3c(C)cc(C)cc3C)n2-c2ccccc2)c1. The molecule has 0 radical (unpaired) electrons. The van der Waals surface area contributed by atoms with Crippen molar-refractivity contribution in [1.29, 1.82) is 0 Å². The van der Waals surface area contributed by atoms with Crippen LogP contribution >= 0.6 is 11.8 Å². The first-order valence-corrected chi connectivity index (χ1v) is 11.5. The van der Waals surface area contributed by atoms with E-state index in [-0.39, 0.29) is 11.7 Å². The van der Waals surface area contributed by atoms with Crippen molar-refractivity contribution < 1.29 is 4.79 Å². The Morgan fingerprint density at radius 3 is 2.28 bits per heavy atom.